The van der Waals surface area contributed by atoms with Crippen molar-refractivity contribution in [2.24, 2.45) is 7.05 Å². The number of alkyl halides is 1. The Bertz CT molecular complexity index is 781. The largest absolute Gasteiger partial charge is 0.346 e. The van der Waals surface area contributed by atoms with Gasteiger partial charge >= 0.3 is 0 Å². The molecule has 0 aromatic carbocycles. The zero-order valence-corrected chi connectivity index (χ0v) is 26.4. The van der Waals surface area contributed by atoms with Gasteiger partial charge in [-0.15, -0.1) is 10.2 Å². The number of aromatic amines is 1. The van der Waals surface area contributed by atoms with Crippen LogP contribution in [0.3, 0.4) is 0 Å². The molecule has 2 aromatic rings. The maximum absolute atomic E-state index is 4.40. The zero-order valence-electron chi connectivity index (χ0n) is 21.4. The fourth-order valence-corrected chi connectivity index (χ4v) is 4.22. The first-order valence-corrected chi connectivity index (χ1v) is 13.4. The van der Waals surface area contributed by atoms with Crippen molar-refractivity contribution in [1.29, 1.82) is 0 Å². The second-order valence-corrected chi connectivity index (χ2v) is 8.13. The second kappa shape index (κ2) is 22.9. The van der Waals surface area contributed by atoms with E-state index in [0.29, 0.717) is 11.8 Å². The molecule has 1 N–H and O–H groups in total. The number of hydrogen-bond acceptors (Lipinski definition) is 6. The molecule has 13 heteroatoms. The van der Waals surface area contributed by atoms with Crippen LogP contribution in [0.5, 0.6) is 0 Å². The van der Waals surface area contributed by atoms with Crippen molar-refractivity contribution in [3.05, 3.63) is 23.3 Å². The fraction of sp³-hybridized carbons (Fsp3) is 0.826. The molecule has 4 atom stereocenters. The van der Waals surface area contributed by atoms with Gasteiger partial charge in [0.15, 0.2) is 5.82 Å². The predicted molar refractivity (Wildman–Crippen MR) is 180 cm³/mol. The summed E-state index contributed by atoms with van der Waals surface area (Å²) in [5.74, 6) is 5.08. The van der Waals surface area contributed by atoms with Gasteiger partial charge in [0.2, 0.25) is 14.8 Å². The quantitative estimate of drug-likeness (QED) is 0.217. The molecule has 36 heavy (non-hydrogen) atoms. The van der Waals surface area contributed by atoms with Gasteiger partial charge in [0.05, 0.1) is 0 Å². The van der Waals surface area contributed by atoms with Crippen molar-refractivity contribution < 1.29 is 0 Å². The minimum absolute atomic E-state index is 0. The summed E-state index contributed by atoms with van der Waals surface area (Å²) >= 11 is 2.15. The molecule has 0 spiro atoms. The molecule has 2 saturated heterocycles. The lowest BCUT2D eigenvalue weighted by Gasteiger charge is -2.31. The molecule has 2 aliphatic heterocycles. The third kappa shape index (κ3) is 12.6. The summed E-state index contributed by atoms with van der Waals surface area (Å²) in [6.07, 6.45) is 4.93. The zero-order chi connectivity index (χ0) is 22.8. The minimum Gasteiger partial charge on any atom is -0.346 e. The molecule has 2 aliphatic rings. The number of nitrogens with one attached hydrogen (secondary N) is 1. The standard InChI is InChI=1S/C10H18BN4.C9H16BN4.CH3I.3CH4.2H3P/c1-8-12-13-10(14(8)3)9-5-4-6-15(7-9)11-2;1-7-11-9(13-12-7)8-4-3-5-14(6-8)10-2;1-2;;;;;/h9H,4-7H2,1-3H3;8H,3-6H2,1-2H3,(H,11,12,13);1H3;3*1H4;2*1H3. The maximum atomic E-state index is 4.40. The Morgan fingerprint density at radius 2 is 1.36 bits per heavy atom. The first-order valence-electron chi connectivity index (χ1n) is 11.2. The summed E-state index contributed by atoms with van der Waals surface area (Å²) in [5, 5.41) is 15.5. The van der Waals surface area contributed by atoms with E-state index in [-0.39, 0.29) is 42.1 Å². The number of aromatic nitrogens is 6. The molecule has 4 rings (SSSR count). The Balaban J connectivity index is -0.000000236. The lowest BCUT2D eigenvalue weighted by atomic mass is 9.87. The van der Waals surface area contributed by atoms with E-state index in [2.05, 4.69) is 97.7 Å². The van der Waals surface area contributed by atoms with E-state index in [9.17, 15) is 0 Å². The topological polar surface area (TPSA) is 78.8 Å². The number of aryl methyl sites for hydroxylation is 2. The first kappa shape index (κ1) is 43.0. The van der Waals surface area contributed by atoms with E-state index in [1.54, 1.807) is 0 Å². The van der Waals surface area contributed by atoms with E-state index < -0.39 is 0 Å². The van der Waals surface area contributed by atoms with Gasteiger partial charge in [0.1, 0.15) is 17.5 Å². The maximum Gasteiger partial charge on any atom is 0.205 e. The van der Waals surface area contributed by atoms with Crippen molar-refractivity contribution in [2.45, 2.75) is 87.3 Å². The summed E-state index contributed by atoms with van der Waals surface area (Å²) in [7, 11) is 6.39. The third-order valence-electron chi connectivity index (χ3n) is 6.11. The molecule has 2 fully saturated rings. The van der Waals surface area contributed by atoms with Crippen LogP contribution in [0, 0.1) is 13.8 Å². The van der Waals surface area contributed by atoms with Crippen molar-refractivity contribution in [2.75, 3.05) is 31.1 Å². The molecule has 4 heterocycles. The molecule has 210 valence electrons. The Kier molecular flexibility index (Phi) is 27.3. The molecule has 2 aromatic heterocycles. The monoisotopic (exact) mass is 654 g/mol. The summed E-state index contributed by atoms with van der Waals surface area (Å²) in [4.78, 5) is 11.1. The van der Waals surface area contributed by atoms with Gasteiger partial charge in [-0.25, -0.2) is 4.98 Å². The van der Waals surface area contributed by atoms with Crippen molar-refractivity contribution in [3.8, 4) is 0 Å². The van der Waals surface area contributed by atoms with E-state index in [0.717, 1.165) is 36.4 Å². The summed E-state index contributed by atoms with van der Waals surface area (Å²) in [5.41, 5.74) is 0. The molecular weight excluding hydrogens is 599 g/mol. The highest BCUT2D eigenvalue weighted by atomic mass is 127. The highest BCUT2D eigenvalue weighted by Gasteiger charge is 2.24. The van der Waals surface area contributed by atoms with Gasteiger partial charge in [0.25, 0.3) is 0 Å². The third-order valence-corrected chi connectivity index (χ3v) is 6.11. The second-order valence-electron chi connectivity index (χ2n) is 8.13. The fourth-order valence-electron chi connectivity index (χ4n) is 4.22. The normalized spacial score (nSPS) is 19.0. The molecule has 0 amide bonds. The number of piperidine rings is 2. The average molecular weight is 654 g/mol. The van der Waals surface area contributed by atoms with Crippen LogP contribution in [0.15, 0.2) is 0 Å². The number of hydrogen-bond donors (Lipinski definition) is 1. The van der Waals surface area contributed by atoms with E-state index in [1.807, 2.05) is 18.8 Å². The molecule has 0 bridgehead atoms. The van der Waals surface area contributed by atoms with E-state index in [4.69, 9.17) is 0 Å². The van der Waals surface area contributed by atoms with Crippen molar-refractivity contribution >= 4 is 57.2 Å². The van der Waals surface area contributed by atoms with Crippen LogP contribution < -0.4 is 0 Å². The van der Waals surface area contributed by atoms with Crippen LogP contribution in [0.4, 0.5) is 0 Å². The molecule has 0 aliphatic carbocycles. The number of halogens is 1. The molecule has 8 nitrogen and oxygen atoms in total. The van der Waals surface area contributed by atoms with Crippen LogP contribution >= 0.6 is 42.4 Å². The van der Waals surface area contributed by atoms with Crippen molar-refractivity contribution in [3.63, 3.8) is 0 Å². The smallest absolute Gasteiger partial charge is 0.205 e. The Labute approximate surface area is 244 Å². The predicted octanol–water partition coefficient (Wildman–Crippen LogP) is 5.01. The highest BCUT2D eigenvalue weighted by molar-refractivity contribution is 14.1. The van der Waals surface area contributed by atoms with Crippen LogP contribution in [-0.4, -0.2) is 85.5 Å². The lowest BCUT2D eigenvalue weighted by Crippen LogP contribution is -2.36. The van der Waals surface area contributed by atoms with Gasteiger partial charge in [-0.05, 0) is 70.6 Å². The van der Waals surface area contributed by atoms with Gasteiger partial charge in [-0.3, -0.25) is 5.10 Å². The summed E-state index contributed by atoms with van der Waals surface area (Å²) in [6, 6.07) is 0. The van der Waals surface area contributed by atoms with Crippen LogP contribution in [0.25, 0.3) is 0 Å². The van der Waals surface area contributed by atoms with Gasteiger partial charge < -0.3 is 14.2 Å². The number of nitrogens with zero attached hydrogens (tertiary/aromatic N) is 7. The molecule has 2 radical (unpaired) electrons. The number of H-pyrrole nitrogens is 1. The van der Waals surface area contributed by atoms with E-state index >= 15 is 0 Å². The van der Waals surface area contributed by atoms with Crippen LogP contribution in [0.1, 0.15) is 83.1 Å². The Morgan fingerprint density at radius 1 is 0.861 bits per heavy atom. The van der Waals surface area contributed by atoms with Crippen LogP contribution in [0.2, 0.25) is 13.6 Å². The minimum atomic E-state index is 0. The molecular formula is C23H55B2IN8P2. The summed E-state index contributed by atoms with van der Waals surface area (Å²) in [6.45, 7) is 12.7. The Hall–Kier alpha value is -0.0801. The number of rotatable bonds is 4. The highest BCUT2D eigenvalue weighted by Crippen LogP contribution is 2.25. The molecule has 0 saturated carbocycles. The van der Waals surface area contributed by atoms with Gasteiger partial charge in [-0.2, -0.15) is 24.9 Å². The lowest BCUT2D eigenvalue weighted by molar-refractivity contribution is 0.314. The van der Waals surface area contributed by atoms with Gasteiger partial charge in [0, 0.05) is 18.9 Å². The van der Waals surface area contributed by atoms with E-state index in [1.165, 1.54) is 38.8 Å². The van der Waals surface area contributed by atoms with Crippen molar-refractivity contribution in [1.82, 2.24) is 39.6 Å². The summed E-state index contributed by atoms with van der Waals surface area (Å²) < 4.78 is 2.11. The first-order chi connectivity index (χ1) is 15.0. The van der Waals surface area contributed by atoms with Gasteiger partial charge in [-0.1, -0.05) is 58.5 Å². The average Bonchev–Trinajstić information content (AvgIpc) is 3.41. The SMILES string of the molecule is C.C.C.CI.C[B]N1CCCC(c2n[nH]c(C)n2)C1.C[B]N1CCCC(c2nnc(C)n2C)C1.P.P. The Morgan fingerprint density at radius 3 is 1.78 bits per heavy atom. The van der Waals surface area contributed by atoms with Crippen LogP contribution in [-0.2, 0) is 7.05 Å². The molecule has 4 unspecified atom stereocenters.